The van der Waals surface area contributed by atoms with E-state index >= 15 is 0 Å². The topological polar surface area (TPSA) is 64.9 Å². The van der Waals surface area contributed by atoms with Gasteiger partial charge < -0.3 is 10.2 Å². The van der Waals surface area contributed by atoms with Gasteiger partial charge in [-0.05, 0) is 24.6 Å². The van der Waals surface area contributed by atoms with Crippen molar-refractivity contribution >= 4 is 11.2 Å². The number of oxazole rings is 1. The van der Waals surface area contributed by atoms with Crippen LogP contribution in [0, 0.1) is 6.92 Å². The monoisotopic (exact) mass is 253 g/mol. The summed E-state index contributed by atoms with van der Waals surface area (Å²) in [5.74, 6) is 0.645. The van der Waals surface area contributed by atoms with Crippen LogP contribution in [-0.2, 0) is 6.42 Å². The third-order valence-electron chi connectivity index (χ3n) is 3.08. The summed E-state index contributed by atoms with van der Waals surface area (Å²) in [6.45, 7) is 2.60. The maximum atomic E-state index is 5.58. The second-order valence-electron chi connectivity index (χ2n) is 4.48. The summed E-state index contributed by atoms with van der Waals surface area (Å²) in [5, 5.41) is 0. The highest BCUT2D eigenvalue weighted by Crippen LogP contribution is 2.24. The van der Waals surface area contributed by atoms with E-state index in [2.05, 4.69) is 29.0 Å². The van der Waals surface area contributed by atoms with Crippen LogP contribution in [-0.4, -0.2) is 16.5 Å². The molecule has 0 aliphatic rings. The van der Waals surface area contributed by atoms with E-state index in [4.69, 9.17) is 10.2 Å². The number of benzene rings is 1. The van der Waals surface area contributed by atoms with Crippen molar-refractivity contribution in [3.63, 3.8) is 0 Å². The Bertz CT molecular complexity index is 718. The van der Waals surface area contributed by atoms with E-state index in [9.17, 15) is 0 Å². The van der Waals surface area contributed by atoms with Gasteiger partial charge in [-0.3, -0.25) is 0 Å². The second-order valence-corrected chi connectivity index (χ2v) is 4.48. The minimum Gasteiger partial charge on any atom is -0.439 e. The van der Waals surface area contributed by atoms with Crippen molar-refractivity contribution in [2.75, 3.05) is 6.54 Å². The van der Waals surface area contributed by atoms with Crippen LogP contribution in [0.1, 0.15) is 11.5 Å². The van der Waals surface area contributed by atoms with Crippen molar-refractivity contribution in [2.45, 2.75) is 13.3 Å². The summed E-state index contributed by atoms with van der Waals surface area (Å²) in [5.41, 5.74) is 10.1. The van der Waals surface area contributed by atoms with Crippen molar-refractivity contribution in [2.24, 2.45) is 5.73 Å². The molecule has 0 spiro atoms. The van der Waals surface area contributed by atoms with Gasteiger partial charge in [0.2, 0.25) is 0 Å². The summed E-state index contributed by atoms with van der Waals surface area (Å²) in [6, 6.07) is 12.0. The number of aryl methyl sites for hydroxylation is 1. The molecule has 0 bridgehead atoms. The van der Waals surface area contributed by atoms with Crippen LogP contribution in [0.15, 0.2) is 40.8 Å². The molecule has 0 saturated heterocycles. The van der Waals surface area contributed by atoms with Crippen LogP contribution in [0.2, 0.25) is 0 Å². The van der Waals surface area contributed by atoms with Crippen molar-refractivity contribution in [3.8, 4) is 11.3 Å². The highest BCUT2D eigenvalue weighted by molar-refractivity contribution is 5.74. The fourth-order valence-electron chi connectivity index (χ4n) is 2.10. The van der Waals surface area contributed by atoms with Crippen LogP contribution < -0.4 is 5.73 Å². The first-order valence-electron chi connectivity index (χ1n) is 6.30. The maximum absolute atomic E-state index is 5.58. The summed E-state index contributed by atoms with van der Waals surface area (Å²) in [4.78, 5) is 8.92. The molecule has 96 valence electrons. The smallest absolute Gasteiger partial charge is 0.199 e. The van der Waals surface area contributed by atoms with E-state index in [0.29, 0.717) is 30.1 Å². The van der Waals surface area contributed by atoms with Crippen LogP contribution in [0.4, 0.5) is 0 Å². The SMILES string of the molecule is Cc1ccccc1-c1ccc2oc(CCN)nc2n1. The van der Waals surface area contributed by atoms with E-state index < -0.39 is 0 Å². The van der Waals surface area contributed by atoms with E-state index in [0.717, 1.165) is 11.3 Å². The van der Waals surface area contributed by atoms with Crippen molar-refractivity contribution in [3.05, 3.63) is 47.9 Å². The highest BCUT2D eigenvalue weighted by atomic mass is 16.3. The third-order valence-corrected chi connectivity index (χ3v) is 3.08. The predicted octanol–water partition coefficient (Wildman–Crippen LogP) is 2.70. The Kier molecular flexibility index (Phi) is 3.01. The molecule has 0 radical (unpaired) electrons. The molecule has 3 rings (SSSR count). The van der Waals surface area contributed by atoms with Gasteiger partial charge in [-0.25, -0.2) is 4.98 Å². The first-order valence-corrected chi connectivity index (χ1v) is 6.30. The first kappa shape index (κ1) is 11.9. The zero-order valence-corrected chi connectivity index (χ0v) is 10.8. The fraction of sp³-hybridized carbons (Fsp3) is 0.200. The standard InChI is InChI=1S/C15H15N3O/c1-10-4-2-3-5-11(10)12-6-7-13-15(17-12)18-14(19-13)8-9-16/h2-7H,8-9,16H2,1H3. The molecule has 2 N–H and O–H groups in total. The lowest BCUT2D eigenvalue weighted by Gasteiger charge is -2.03. The van der Waals surface area contributed by atoms with Gasteiger partial charge >= 0.3 is 0 Å². The normalized spacial score (nSPS) is 11.1. The molecule has 0 aliphatic heterocycles. The molecule has 4 nitrogen and oxygen atoms in total. The highest BCUT2D eigenvalue weighted by Gasteiger charge is 2.09. The van der Waals surface area contributed by atoms with Gasteiger partial charge in [-0.1, -0.05) is 24.3 Å². The number of nitrogens with two attached hydrogens (primary N) is 1. The van der Waals surface area contributed by atoms with Gasteiger partial charge in [0.05, 0.1) is 5.69 Å². The molecular weight excluding hydrogens is 238 g/mol. The molecule has 4 heteroatoms. The Morgan fingerprint density at radius 2 is 1.95 bits per heavy atom. The second kappa shape index (κ2) is 4.82. The fourth-order valence-corrected chi connectivity index (χ4v) is 2.10. The lowest BCUT2D eigenvalue weighted by Crippen LogP contribution is -2.02. The average molecular weight is 253 g/mol. The van der Waals surface area contributed by atoms with Gasteiger partial charge in [-0.2, -0.15) is 4.98 Å². The van der Waals surface area contributed by atoms with Crippen molar-refractivity contribution < 1.29 is 4.42 Å². The lowest BCUT2D eigenvalue weighted by molar-refractivity contribution is 0.531. The van der Waals surface area contributed by atoms with Gasteiger partial charge in [0.15, 0.2) is 17.1 Å². The minimum atomic E-state index is 0.525. The molecule has 0 unspecified atom stereocenters. The van der Waals surface area contributed by atoms with Crippen molar-refractivity contribution in [1.29, 1.82) is 0 Å². The molecule has 0 amide bonds. The number of hydrogen-bond donors (Lipinski definition) is 1. The maximum Gasteiger partial charge on any atom is 0.199 e. The number of pyridine rings is 1. The number of aromatic nitrogens is 2. The van der Waals surface area contributed by atoms with Crippen LogP contribution in [0.25, 0.3) is 22.5 Å². The number of fused-ring (bicyclic) bond motifs is 1. The van der Waals surface area contributed by atoms with Gasteiger partial charge in [-0.15, -0.1) is 0 Å². The summed E-state index contributed by atoms with van der Waals surface area (Å²) in [6.07, 6.45) is 0.635. The van der Waals surface area contributed by atoms with E-state index in [-0.39, 0.29) is 0 Å². The van der Waals surface area contributed by atoms with E-state index in [1.54, 1.807) is 0 Å². The molecule has 3 aromatic rings. The number of hydrogen-bond acceptors (Lipinski definition) is 4. The average Bonchev–Trinajstić information content (AvgIpc) is 2.81. The molecular formula is C15H15N3O. The summed E-state index contributed by atoms with van der Waals surface area (Å²) >= 11 is 0. The molecule has 19 heavy (non-hydrogen) atoms. The Balaban J connectivity index is 2.08. The number of rotatable bonds is 3. The molecule has 0 aliphatic carbocycles. The van der Waals surface area contributed by atoms with Crippen LogP contribution in [0.5, 0.6) is 0 Å². The van der Waals surface area contributed by atoms with Gasteiger partial charge in [0.25, 0.3) is 0 Å². The Morgan fingerprint density at radius 1 is 1.11 bits per heavy atom. The Morgan fingerprint density at radius 3 is 2.74 bits per heavy atom. The predicted molar refractivity (Wildman–Crippen MR) is 74.7 cm³/mol. The van der Waals surface area contributed by atoms with E-state index in [1.807, 2.05) is 24.3 Å². The molecule has 0 saturated carbocycles. The Labute approximate surface area is 111 Å². The molecule has 0 fully saturated rings. The zero-order valence-electron chi connectivity index (χ0n) is 10.8. The molecule has 2 aromatic heterocycles. The van der Waals surface area contributed by atoms with Crippen molar-refractivity contribution in [1.82, 2.24) is 9.97 Å². The molecule has 2 heterocycles. The third kappa shape index (κ3) is 2.22. The number of nitrogens with zero attached hydrogens (tertiary/aromatic N) is 2. The van der Waals surface area contributed by atoms with Gasteiger partial charge in [0, 0.05) is 18.5 Å². The minimum absolute atomic E-state index is 0.525. The zero-order chi connectivity index (χ0) is 13.2. The molecule has 0 atom stereocenters. The van der Waals surface area contributed by atoms with E-state index in [1.165, 1.54) is 5.56 Å². The lowest BCUT2D eigenvalue weighted by atomic mass is 10.1. The summed E-state index contributed by atoms with van der Waals surface area (Å²) < 4.78 is 5.58. The van der Waals surface area contributed by atoms with Crippen LogP contribution in [0.3, 0.4) is 0 Å². The largest absolute Gasteiger partial charge is 0.439 e. The first-order chi connectivity index (χ1) is 9.28. The molecule has 1 aromatic carbocycles. The summed E-state index contributed by atoms with van der Waals surface area (Å²) in [7, 11) is 0. The van der Waals surface area contributed by atoms with Gasteiger partial charge in [0.1, 0.15) is 0 Å². The van der Waals surface area contributed by atoms with Crippen LogP contribution >= 0.6 is 0 Å². The quantitative estimate of drug-likeness (QED) is 0.779. The Hall–Kier alpha value is -2.20.